The van der Waals surface area contributed by atoms with Gasteiger partial charge in [0.15, 0.2) is 0 Å². The molecule has 140 valence electrons. The highest BCUT2D eigenvalue weighted by Gasteiger charge is 2.07. The lowest BCUT2D eigenvalue weighted by Gasteiger charge is -2.14. The zero-order valence-electron chi connectivity index (χ0n) is 15.4. The van der Waals surface area contributed by atoms with Crippen LogP contribution < -0.4 is 9.47 Å². The Kier molecular flexibility index (Phi) is 10.9. The average molecular weight is 477 g/mol. The van der Waals surface area contributed by atoms with Crippen molar-refractivity contribution in [3.8, 4) is 11.5 Å². The van der Waals surface area contributed by atoms with Crippen LogP contribution >= 0.6 is 31.9 Å². The standard InChI is InChI=1S/C19H27Br2NO3/c1-14(2)22-25-10-7-5-6-9-24-19-15(3)12-17(13-16(19)4)23-11-8-18(20)21/h8,12-13H,5-7,9-11H2,1-4H3. The van der Waals surface area contributed by atoms with E-state index in [1.807, 2.05) is 45.9 Å². The van der Waals surface area contributed by atoms with Gasteiger partial charge < -0.3 is 14.3 Å². The zero-order valence-corrected chi connectivity index (χ0v) is 18.6. The van der Waals surface area contributed by atoms with Gasteiger partial charge in [-0.15, -0.1) is 0 Å². The van der Waals surface area contributed by atoms with Gasteiger partial charge in [0.1, 0.15) is 24.7 Å². The molecule has 0 amide bonds. The van der Waals surface area contributed by atoms with Crippen molar-refractivity contribution >= 4 is 37.6 Å². The second kappa shape index (κ2) is 12.4. The highest BCUT2D eigenvalue weighted by molar-refractivity contribution is 9.28. The molecule has 1 rings (SSSR count). The van der Waals surface area contributed by atoms with E-state index in [1.165, 1.54) is 0 Å². The van der Waals surface area contributed by atoms with E-state index in [2.05, 4.69) is 37.0 Å². The SMILES string of the molecule is CC(C)=NOCCCCCOc1c(C)cc(OCC=C(Br)Br)cc1C. The van der Waals surface area contributed by atoms with Crippen molar-refractivity contribution in [3.63, 3.8) is 0 Å². The smallest absolute Gasteiger partial charge is 0.125 e. The molecule has 0 aliphatic carbocycles. The molecule has 4 nitrogen and oxygen atoms in total. The maximum absolute atomic E-state index is 5.96. The molecule has 0 unspecified atom stereocenters. The van der Waals surface area contributed by atoms with Gasteiger partial charge in [-0.1, -0.05) is 5.16 Å². The first kappa shape index (κ1) is 22.0. The van der Waals surface area contributed by atoms with Gasteiger partial charge >= 0.3 is 0 Å². The molecule has 0 bridgehead atoms. The van der Waals surface area contributed by atoms with Gasteiger partial charge in [-0.2, -0.15) is 0 Å². The summed E-state index contributed by atoms with van der Waals surface area (Å²) in [4.78, 5) is 5.18. The lowest BCUT2D eigenvalue weighted by Crippen LogP contribution is -2.02. The lowest BCUT2D eigenvalue weighted by molar-refractivity contribution is 0.138. The summed E-state index contributed by atoms with van der Waals surface area (Å²) in [6.07, 6.45) is 4.96. The number of oxime groups is 1. The number of aryl methyl sites for hydroxylation is 2. The summed E-state index contributed by atoms with van der Waals surface area (Å²) in [5, 5.41) is 3.92. The highest BCUT2D eigenvalue weighted by Crippen LogP contribution is 2.29. The van der Waals surface area contributed by atoms with E-state index in [0.717, 1.165) is 51.0 Å². The predicted molar refractivity (Wildman–Crippen MR) is 111 cm³/mol. The maximum atomic E-state index is 5.96. The number of hydrogen-bond acceptors (Lipinski definition) is 4. The number of nitrogens with zero attached hydrogens (tertiary/aromatic N) is 1. The normalized spacial score (nSPS) is 10.2. The summed E-state index contributed by atoms with van der Waals surface area (Å²) in [5.41, 5.74) is 3.12. The van der Waals surface area contributed by atoms with Gasteiger partial charge in [0.2, 0.25) is 0 Å². The topological polar surface area (TPSA) is 40.0 Å². The van der Waals surface area contributed by atoms with Crippen molar-refractivity contribution in [3.05, 3.63) is 32.7 Å². The third-order valence-corrected chi connectivity index (χ3v) is 3.94. The Bertz CT molecular complexity index is 569. The molecule has 0 saturated heterocycles. The first-order valence-electron chi connectivity index (χ1n) is 8.41. The number of ether oxygens (including phenoxy) is 2. The summed E-state index contributed by atoms with van der Waals surface area (Å²) < 4.78 is 12.6. The second-order valence-electron chi connectivity index (χ2n) is 5.97. The van der Waals surface area contributed by atoms with Gasteiger partial charge in [-0.25, -0.2) is 0 Å². The number of hydrogen-bond donors (Lipinski definition) is 0. The summed E-state index contributed by atoms with van der Waals surface area (Å²) in [7, 11) is 0. The summed E-state index contributed by atoms with van der Waals surface area (Å²) in [6.45, 7) is 9.81. The van der Waals surface area contributed by atoms with Gasteiger partial charge in [-0.05, 0) is 108 Å². The van der Waals surface area contributed by atoms with E-state index in [1.54, 1.807) is 0 Å². The predicted octanol–water partition coefficient (Wildman–Crippen LogP) is 6.27. The fraction of sp³-hybridized carbons (Fsp3) is 0.526. The molecule has 25 heavy (non-hydrogen) atoms. The van der Waals surface area contributed by atoms with Gasteiger partial charge in [0.25, 0.3) is 0 Å². The van der Waals surface area contributed by atoms with Crippen LogP contribution in [0.3, 0.4) is 0 Å². The maximum Gasteiger partial charge on any atom is 0.125 e. The van der Waals surface area contributed by atoms with Gasteiger partial charge in [-0.3, -0.25) is 0 Å². The molecule has 1 aromatic carbocycles. The van der Waals surface area contributed by atoms with E-state index >= 15 is 0 Å². The monoisotopic (exact) mass is 475 g/mol. The van der Waals surface area contributed by atoms with Crippen molar-refractivity contribution in [2.45, 2.75) is 47.0 Å². The first-order chi connectivity index (χ1) is 11.9. The van der Waals surface area contributed by atoms with Crippen LogP contribution in [0.4, 0.5) is 0 Å². The summed E-state index contributed by atoms with van der Waals surface area (Å²) in [5.74, 6) is 1.80. The Labute approximate surface area is 167 Å². The minimum absolute atomic E-state index is 0.509. The second-order valence-corrected chi connectivity index (χ2v) is 8.74. The van der Waals surface area contributed by atoms with Crippen LogP contribution in [-0.4, -0.2) is 25.5 Å². The van der Waals surface area contributed by atoms with Crippen LogP contribution in [0.5, 0.6) is 11.5 Å². The zero-order chi connectivity index (χ0) is 18.7. The van der Waals surface area contributed by atoms with Gasteiger partial charge in [0.05, 0.1) is 15.7 Å². The van der Waals surface area contributed by atoms with Crippen molar-refractivity contribution in [2.75, 3.05) is 19.8 Å². The molecular weight excluding hydrogens is 450 g/mol. The molecule has 0 aliphatic heterocycles. The largest absolute Gasteiger partial charge is 0.493 e. The first-order valence-corrected chi connectivity index (χ1v) is 10.00. The van der Waals surface area contributed by atoms with Crippen LogP contribution in [0.25, 0.3) is 0 Å². The molecular formula is C19H27Br2NO3. The van der Waals surface area contributed by atoms with E-state index < -0.39 is 0 Å². The van der Waals surface area contributed by atoms with Crippen LogP contribution in [0, 0.1) is 13.8 Å². The van der Waals surface area contributed by atoms with Crippen molar-refractivity contribution in [2.24, 2.45) is 5.16 Å². The number of benzene rings is 1. The molecule has 0 atom stereocenters. The summed E-state index contributed by atoms with van der Waals surface area (Å²) in [6, 6.07) is 4.02. The fourth-order valence-corrected chi connectivity index (χ4v) is 2.48. The molecule has 0 aliphatic rings. The van der Waals surface area contributed by atoms with Crippen LogP contribution in [0.2, 0.25) is 0 Å². The Morgan fingerprint density at radius 3 is 2.24 bits per heavy atom. The number of halogens is 2. The Balaban J connectivity index is 2.36. The molecule has 6 heteroatoms. The van der Waals surface area contributed by atoms with Crippen molar-refractivity contribution in [1.29, 1.82) is 0 Å². The van der Waals surface area contributed by atoms with Crippen molar-refractivity contribution < 1.29 is 14.3 Å². The molecule has 0 radical (unpaired) electrons. The molecule has 0 spiro atoms. The summed E-state index contributed by atoms with van der Waals surface area (Å²) >= 11 is 6.63. The minimum atomic E-state index is 0.509. The fourth-order valence-electron chi connectivity index (χ4n) is 2.22. The molecule has 0 saturated carbocycles. The minimum Gasteiger partial charge on any atom is -0.493 e. The molecule has 0 fully saturated rings. The highest BCUT2D eigenvalue weighted by atomic mass is 79.9. The van der Waals surface area contributed by atoms with E-state index in [-0.39, 0.29) is 0 Å². The Hall–Kier alpha value is -1.01. The Morgan fingerprint density at radius 1 is 1.00 bits per heavy atom. The third kappa shape index (κ3) is 9.90. The van der Waals surface area contributed by atoms with Crippen LogP contribution in [0.15, 0.2) is 26.8 Å². The van der Waals surface area contributed by atoms with Crippen LogP contribution in [-0.2, 0) is 4.84 Å². The Morgan fingerprint density at radius 2 is 1.64 bits per heavy atom. The number of rotatable bonds is 11. The van der Waals surface area contributed by atoms with E-state index in [0.29, 0.717) is 19.8 Å². The quantitative estimate of drug-likeness (QED) is 0.214. The lowest BCUT2D eigenvalue weighted by atomic mass is 10.1. The molecule has 0 heterocycles. The average Bonchev–Trinajstić information content (AvgIpc) is 2.51. The van der Waals surface area contributed by atoms with Crippen molar-refractivity contribution in [1.82, 2.24) is 0 Å². The third-order valence-electron chi connectivity index (χ3n) is 3.29. The number of unbranched alkanes of at least 4 members (excludes halogenated alkanes) is 2. The van der Waals surface area contributed by atoms with E-state index in [9.17, 15) is 0 Å². The molecule has 1 aromatic rings. The van der Waals surface area contributed by atoms with Crippen LogP contribution in [0.1, 0.15) is 44.2 Å². The van der Waals surface area contributed by atoms with E-state index in [4.69, 9.17) is 14.3 Å². The molecule has 0 N–H and O–H groups in total. The van der Waals surface area contributed by atoms with Gasteiger partial charge in [0, 0.05) is 0 Å². The molecule has 0 aromatic heterocycles.